The van der Waals surface area contributed by atoms with E-state index in [1.165, 1.54) is 22.0 Å². The molecule has 11 nitrogen and oxygen atoms in total. The van der Waals surface area contributed by atoms with Gasteiger partial charge in [0.2, 0.25) is 18.4 Å². The second-order valence-corrected chi connectivity index (χ2v) is 12.4. The highest BCUT2D eigenvalue weighted by molar-refractivity contribution is 5.97. The summed E-state index contributed by atoms with van der Waals surface area (Å²) in [4.78, 5) is 48.7. The third-order valence-corrected chi connectivity index (χ3v) is 8.60. The SMILES string of the molecule is [C-]#[N+]C[C@H]1CN(c2nc(OCCC(=O)N(C)C)nc3c2CCN(c2cccc4cccc(C)c24)C3)CCN1C(=O)/C=C/CN(C)C. The Bertz CT molecular complexity index is 1640. The maximum atomic E-state index is 13.1. The number of hydrogen-bond acceptors (Lipinski definition) is 8. The van der Waals surface area contributed by atoms with Crippen molar-refractivity contribution in [3.8, 4) is 6.01 Å². The number of rotatable bonds is 10. The normalized spacial score (nSPS) is 16.5. The summed E-state index contributed by atoms with van der Waals surface area (Å²) in [5, 5.41) is 2.44. The maximum absolute atomic E-state index is 13.1. The van der Waals surface area contributed by atoms with E-state index in [4.69, 9.17) is 21.3 Å². The lowest BCUT2D eigenvalue weighted by atomic mass is 9.99. The molecular formula is C35H44N8O3. The van der Waals surface area contributed by atoms with Crippen LogP contribution in [-0.2, 0) is 22.6 Å². The number of piperazine rings is 1. The predicted molar refractivity (Wildman–Crippen MR) is 181 cm³/mol. The van der Waals surface area contributed by atoms with Gasteiger partial charge in [-0.15, -0.1) is 0 Å². The van der Waals surface area contributed by atoms with E-state index in [-0.39, 0.29) is 43.4 Å². The largest absolute Gasteiger partial charge is 0.463 e. The molecule has 0 N–H and O–H groups in total. The molecule has 11 heteroatoms. The van der Waals surface area contributed by atoms with Crippen LogP contribution in [0.15, 0.2) is 48.6 Å². The fraction of sp³-hybridized carbons (Fsp3) is 0.457. The molecule has 2 aliphatic heterocycles. The average molecular weight is 625 g/mol. The van der Waals surface area contributed by atoms with Crippen LogP contribution in [0.4, 0.5) is 11.5 Å². The van der Waals surface area contributed by atoms with Crippen molar-refractivity contribution in [3.05, 3.63) is 76.8 Å². The number of benzene rings is 2. The number of carbonyl (C=O) groups is 2. The molecule has 1 atom stereocenters. The second-order valence-electron chi connectivity index (χ2n) is 12.4. The van der Waals surface area contributed by atoms with Crippen molar-refractivity contribution in [1.82, 2.24) is 24.7 Å². The van der Waals surface area contributed by atoms with Gasteiger partial charge in [-0.3, -0.25) is 9.59 Å². The zero-order chi connectivity index (χ0) is 32.8. The van der Waals surface area contributed by atoms with Crippen LogP contribution < -0.4 is 14.5 Å². The Morgan fingerprint density at radius 2 is 1.85 bits per heavy atom. The Morgan fingerprint density at radius 3 is 2.59 bits per heavy atom. The van der Waals surface area contributed by atoms with E-state index < -0.39 is 0 Å². The van der Waals surface area contributed by atoms with Gasteiger partial charge in [0, 0.05) is 69.5 Å². The lowest BCUT2D eigenvalue weighted by Gasteiger charge is -2.41. The van der Waals surface area contributed by atoms with Gasteiger partial charge < -0.3 is 34.1 Å². The van der Waals surface area contributed by atoms with Crippen LogP contribution in [0.3, 0.4) is 0 Å². The fourth-order valence-corrected chi connectivity index (χ4v) is 6.20. The van der Waals surface area contributed by atoms with Crippen LogP contribution >= 0.6 is 0 Å². The molecule has 2 amide bonds. The molecule has 1 saturated heterocycles. The van der Waals surface area contributed by atoms with Crippen molar-refractivity contribution in [3.63, 3.8) is 0 Å². The van der Waals surface area contributed by atoms with Gasteiger partial charge in [0.25, 0.3) is 0 Å². The minimum Gasteiger partial charge on any atom is -0.463 e. The van der Waals surface area contributed by atoms with Crippen molar-refractivity contribution >= 4 is 34.1 Å². The summed E-state index contributed by atoms with van der Waals surface area (Å²) in [5.41, 5.74) is 4.36. The Morgan fingerprint density at radius 1 is 1.07 bits per heavy atom. The number of anilines is 2. The van der Waals surface area contributed by atoms with Crippen LogP contribution in [0.2, 0.25) is 0 Å². The maximum Gasteiger partial charge on any atom is 0.318 e. The van der Waals surface area contributed by atoms with E-state index in [0.717, 1.165) is 30.0 Å². The van der Waals surface area contributed by atoms with E-state index >= 15 is 0 Å². The zero-order valence-corrected chi connectivity index (χ0v) is 27.6. The highest BCUT2D eigenvalue weighted by Gasteiger charge is 2.35. The van der Waals surface area contributed by atoms with Gasteiger partial charge in [0.15, 0.2) is 0 Å². The molecule has 242 valence electrons. The average Bonchev–Trinajstić information content (AvgIpc) is 3.03. The number of fused-ring (bicyclic) bond motifs is 2. The number of aryl methyl sites for hydroxylation is 1. The first-order valence-corrected chi connectivity index (χ1v) is 15.8. The van der Waals surface area contributed by atoms with Gasteiger partial charge in [0.05, 0.1) is 18.7 Å². The van der Waals surface area contributed by atoms with Crippen LogP contribution in [-0.4, -0.2) is 117 Å². The number of carbonyl (C=O) groups excluding carboxylic acids is 2. The standard InChI is InChI=1S/C35H44N8O3/c1-25-10-7-11-26-12-8-13-30(33(25)26)41-18-15-28-29(24-41)37-35(46-21-16-31(44)40(5)6)38-34(28)42-19-20-43(27(23-42)22-36-2)32(45)14-9-17-39(3)4/h7-14,27H,15-24H2,1,3-6H3/b14-9+/t27-/m0/s1. The number of ether oxygens (including phenoxy) is 1. The summed E-state index contributed by atoms with van der Waals surface area (Å²) < 4.78 is 6.01. The molecule has 0 spiro atoms. The first-order chi connectivity index (χ1) is 22.2. The molecule has 3 heterocycles. The molecule has 2 aliphatic rings. The monoisotopic (exact) mass is 624 g/mol. The van der Waals surface area contributed by atoms with E-state index in [1.807, 2.05) is 30.0 Å². The predicted octanol–water partition coefficient (Wildman–Crippen LogP) is 3.41. The van der Waals surface area contributed by atoms with Crippen LogP contribution in [0.5, 0.6) is 6.01 Å². The smallest absolute Gasteiger partial charge is 0.318 e. The van der Waals surface area contributed by atoms with E-state index in [2.05, 4.69) is 58.0 Å². The van der Waals surface area contributed by atoms with Gasteiger partial charge in [-0.1, -0.05) is 36.4 Å². The van der Waals surface area contributed by atoms with Crippen molar-refractivity contribution in [2.75, 3.05) is 83.9 Å². The third kappa shape index (κ3) is 7.40. The number of nitrogens with zero attached hydrogens (tertiary/aromatic N) is 8. The number of amides is 2. The molecule has 0 radical (unpaired) electrons. The summed E-state index contributed by atoms with van der Waals surface area (Å²) in [6.45, 7) is 13.7. The second kappa shape index (κ2) is 14.6. The summed E-state index contributed by atoms with van der Waals surface area (Å²) in [6.07, 6.45) is 4.44. The number of hydrogen-bond donors (Lipinski definition) is 0. The minimum atomic E-state index is -0.269. The van der Waals surface area contributed by atoms with Crippen molar-refractivity contribution in [2.45, 2.75) is 32.4 Å². The quantitative estimate of drug-likeness (QED) is 0.251. The summed E-state index contributed by atoms with van der Waals surface area (Å²) in [5.74, 6) is 0.687. The summed E-state index contributed by atoms with van der Waals surface area (Å²) in [7, 11) is 7.36. The molecule has 3 aromatic rings. The number of aromatic nitrogens is 2. The van der Waals surface area contributed by atoms with E-state index in [9.17, 15) is 9.59 Å². The first kappa shape index (κ1) is 32.7. The van der Waals surface area contributed by atoms with E-state index in [0.29, 0.717) is 32.7 Å². The molecule has 2 aromatic carbocycles. The molecule has 1 fully saturated rings. The van der Waals surface area contributed by atoms with Crippen molar-refractivity contribution < 1.29 is 14.3 Å². The highest BCUT2D eigenvalue weighted by Crippen LogP contribution is 2.35. The molecule has 0 aliphatic carbocycles. The van der Waals surface area contributed by atoms with Gasteiger partial charge in [0.1, 0.15) is 18.5 Å². The number of likely N-dealkylation sites (N-methyl/N-ethyl adjacent to an activating group) is 1. The molecule has 0 unspecified atom stereocenters. The lowest BCUT2D eigenvalue weighted by molar-refractivity contribution is -0.129. The molecular weight excluding hydrogens is 580 g/mol. The summed E-state index contributed by atoms with van der Waals surface area (Å²) in [6, 6.07) is 12.8. The topological polar surface area (TPSA) is 89.7 Å². The van der Waals surface area contributed by atoms with Crippen LogP contribution in [0.25, 0.3) is 15.6 Å². The molecule has 46 heavy (non-hydrogen) atoms. The first-order valence-electron chi connectivity index (χ1n) is 15.8. The molecule has 1 aromatic heterocycles. The van der Waals surface area contributed by atoms with E-state index in [1.54, 1.807) is 25.1 Å². The molecule has 5 rings (SSSR count). The Kier molecular flexibility index (Phi) is 10.4. The van der Waals surface area contributed by atoms with Gasteiger partial charge >= 0.3 is 6.01 Å². The fourth-order valence-electron chi connectivity index (χ4n) is 6.20. The Balaban J connectivity index is 1.45. The molecule has 0 saturated carbocycles. The summed E-state index contributed by atoms with van der Waals surface area (Å²) >= 11 is 0. The van der Waals surface area contributed by atoms with Gasteiger partial charge in [-0.2, -0.15) is 9.97 Å². The Hall–Kier alpha value is -4.69. The Labute approximate surface area is 271 Å². The van der Waals surface area contributed by atoms with Crippen LogP contribution in [0, 0.1) is 13.5 Å². The van der Waals surface area contributed by atoms with Gasteiger partial charge in [-0.25, -0.2) is 6.57 Å². The van der Waals surface area contributed by atoms with Crippen LogP contribution in [0.1, 0.15) is 23.2 Å². The lowest BCUT2D eigenvalue weighted by Crippen LogP contribution is -2.56. The van der Waals surface area contributed by atoms with Gasteiger partial charge in [-0.05, 0) is 44.5 Å². The van der Waals surface area contributed by atoms with Crippen molar-refractivity contribution in [1.29, 1.82) is 0 Å². The third-order valence-electron chi connectivity index (χ3n) is 8.60. The van der Waals surface area contributed by atoms with Crippen molar-refractivity contribution in [2.24, 2.45) is 0 Å². The zero-order valence-electron chi connectivity index (χ0n) is 27.6. The highest BCUT2D eigenvalue weighted by atomic mass is 16.5. The molecule has 0 bridgehead atoms. The minimum absolute atomic E-state index is 0.0295.